The number of carboxylic acids is 1. The van der Waals surface area contributed by atoms with Crippen LogP contribution in [0.1, 0.15) is 48.8 Å². The van der Waals surface area contributed by atoms with E-state index in [1.807, 2.05) is 24.3 Å². The molecule has 29 heavy (non-hydrogen) atoms. The summed E-state index contributed by atoms with van der Waals surface area (Å²) < 4.78 is 5.24. The zero-order valence-corrected chi connectivity index (χ0v) is 19.4. The molecule has 2 aromatic carbocycles. The number of rotatable bonds is 8. The van der Waals surface area contributed by atoms with Gasteiger partial charge in [-0.3, -0.25) is 0 Å². The third kappa shape index (κ3) is 7.59. The maximum Gasteiger partial charge on any atom is 1.00 e. The SMILES string of the molecule is O=C([O-])COc1cccc(C2CCCC(NCC(O)c3cccc(Cl)c3)C2)c1.[Na+]. The van der Waals surface area contributed by atoms with Crippen molar-refractivity contribution < 1.29 is 49.3 Å². The van der Waals surface area contributed by atoms with E-state index in [0.717, 1.165) is 36.8 Å². The Morgan fingerprint density at radius 2 is 2.03 bits per heavy atom. The molecule has 5 nitrogen and oxygen atoms in total. The molecule has 0 aromatic heterocycles. The summed E-state index contributed by atoms with van der Waals surface area (Å²) in [6, 6.07) is 15.2. The number of hydrogen-bond donors (Lipinski definition) is 2. The molecule has 3 unspecified atom stereocenters. The van der Waals surface area contributed by atoms with Crippen LogP contribution < -0.4 is 44.7 Å². The normalized spacial score (nSPS) is 19.8. The Morgan fingerprint density at radius 1 is 1.24 bits per heavy atom. The standard InChI is InChI=1S/C22H26ClNO4.Na/c23-18-7-1-6-17(10-18)21(25)13-24-19-8-2-4-15(11-19)16-5-3-9-20(12-16)28-14-22(26)27;/h1,3,5-7,9-10,12,15,19,21,24-25H,2,4,8,11,13-14H2,(H,26,27);/q;+1/p-1. The molecular formula is C22H25ClNNaO4. The van der Waals surface area contributed by atoms with Crippen LogP contribution in [-0.4, -0.2) is 30.3 Å². The number of benzene rings is 2. The van der Waals surface area contributed by atoms with Crippen molar-refractivity contribution in [1.82, 2.24) is 5.32 Å². The van der Waals surface area contributed by atoms with Crippen molar-refractivity contribution in [1.29, 1.82) is 0 Å². The molecular weight excluding hydrogens is 401 g/mol. The molecule has 0 aliphatic heterocycles. The fourth-order valence-electron chi connectivity index (χ4n) is 3.79. The summed E-state index contributed by atoms with van der Waals surface area (Å²) in [5.74, 6) is -0.306. The fraction of sp³-hybridized carbons (Fsp3) is 0.409. The Kier molecular flexibility index (Phi) is 9.96. The van der Waals surface area contributed by atoms with Crippen molar-refractivity contribution in [3.05, 3.63) is 64.7 Å². The molecule has 2 N–H and O–H groups in total. The summed E-state index contributed by atoms with van der Waals surface area (Å²) in [7, 11) is 0. The molecule has 0 amide bonds. The largest absolute Gasteiger partial charge is 1.00 e. The van der Waals surface area contributed by atoms with E-state index in [-0.39, 0.29) is 29.6 Å². The van der Waals surface area contributed by atoms with Gasteiger partial charge in [-0.15, -0.1) is 0 Å². The molecule has 1 aliphatic carbocycles. The van der Waals surface area contributed by atoms with Crippen LogP contribution in [0.5, 0.6) is 5.75 Å². The molecule has 2 aromatic rings. The monoisotopic (exact) mass is 425 g/mol. The second kappa shape index (κ2) is 11.9. The van der Waals surface area contributed by atoms with Gasteiger partial charge in [0.15, 0.2) is 0 Å². The van der Waals surface area contributed by atoms with Crippen molar-refractivity contribution in [2.24, 2.45) is 0 Å². The Bertz CT molecular complexity index is 804. The van der Waals surface area contributed by atoms with Crippen LogP contribution in [0.2, 0.25) is 5.02 Å². The minimum atomic E-state index is -1.23. The number of hydrogen-bond acceptors (Lipinski definition) is 5. The molecule has 3 rings (SSSR count). The van der Waals surface area contributed by atoms with Crippen LogP contribution in [0.15, 0.2) is 48.5 Å². The number of ether oxygens (including phenoxy) is 1. The summed E-state index contributed by atoms with van der Waals surface area (Å²) in [4.78, 5) is 10.6. The van der Waals surface area contributed by atoms with Crippen LogP contribution in [0.25, 0.3) is 0 Å². The average Bonchev–Trinajstić information content (AvgIpc) is 2.71. The number of aliphatic hydroxyl groups excluding tert-OH is 1. The number of nitrogens with one attached hydrogen (secondary N) is 1. The second-order valence-corrected chi connectivity index (χ2v) is 7.71. The van der Waals surface area contributed by atoms with Gasteiger partial charge in [0.2, 0.25) is 0 Å². The molecule has 0 bridgehead atoms. The van der Waals surface area contributed by atoms with Gasteiger partial charge in [-0.05, 0) is 60.6 Å². The Labute approximate surface area is 198 Å². The maximum absolute atomic E-state index is 10.6. The van der Waals surface area contributed by atoms with Crippen LogP contribution in [-0.2, 0) is 4.79 Å². The smallest absolute Gasteiger partial charge is 0.546 e. The zero-order chi connectivity index (χ0) is 19.9. The van der Waals surface area contributed by atoms with Crippen molar-refractivity contribution >= 4 is 17.6 Å². The number of halogens is 1. The predicted molar refractivity (Wildman–Crippen MR) is 106 cm³/mol. The van der Waals surface area contributed by atoms with E-state index >= 15 is 0 Å². The number of aliphatic hydroxyl groups is 1. The molecule has 150 valence electrons. The summed E-state index contributed by atoms with van der Waals surface area (Å²) >= 11 is 6.00. The minimum absolute atomic E-state index is 0. The summed E-state index contributed by atoms with van der Waals surface area (Å²) in [5, 5.41) is 25.1. The average molecular weight is 426 g/mol. The molecule has 3 atom stereocenters. The van der Waals surface area contributed by atoms with Gasteiger partial charge in [0.25, 0.3) is 0 Å². The molecule has 0 spiro atoms. The van der Waals surface area contributed by atoms with Crippen molar-refractivity contribution in [3.63, 3.8) is 0 Å². The zero-order valence-electron chi connectivity index (χ0n) is 16.6. The third-order valence-corrected chi connectivity index (χ3v) is 5.43. The van der Waals surface area contributed by atoms with Gasteiger partial charge in [0.05, 0.1) is 12.1 Å². The molecule has 1 saturated carbocycles. The third-order valence-electron chi connectivity index (χ3n) is 5.19. The van der Waals surface area contributed by atoms with Gasteiger partial charge in [-0.2, -0.15) is 0 Å². The summed E-state index contributed by atoms with van der Waals surface area (Å²) in [6.07, 6.45) is 3.62. The first-order valence-corrected chi connectivity index (χ1v) is 9.98. The molecule has 1 aliphatic rings. The van der Waals surface area contributed by atoms with Gasteiger partial charge in [-0.1, -0.05) is 42.3 Å². The first-order valence-electron chi connectivity index (χ1n) is 9.61. The molecule has 1 fully saturated rings. The van der Waals surface area contributed by atoms with E-state index in [1.165, 1.54) is 0 Å². The van der Waals surface area contributed by atoms with Gasteiger partial charge < -0.3 is 25.1 Å². The number of aliphatic carboxylic acids is 1. The van der Waals surface area contributed by atoms with Gasteiger partial charge in [0.1, 0.15) is 12.4 Å². The maximum atomic E-state index is 10.6. The van der Waals surface area contributed by atoms with Gasteiger partial charge in [0, 0.05) is 17.6 Å². The molecule has 7 heteroatoms. The van der Waals surface area contributed by atoms with E-state index in [1.54, 1.807) is 18.2 Å². The van der Waals surface area contributed by atoms with Crippen molar-refractivity contribution in [2.75, 3.05) is 13.2 Å². The first-order chi connectivity index (χ1) is 13.5. The van der Waals surface area contributed by atoms with Crippen LogP contribution in [0, 0.1) is 0 Å². The van der Waals surface area contributed by atoms with E-state index in [0.29, 0.717) is 29.3 Å². The number of carboxylic acid groups (broad SMARTS) is 1. The Balaban J connectivity index is 0.00000300. The van der Waals surface area contributed by atoms with Crippen molar-refractivity contribution in [3.8, 4) is 5.75 Å². The number of carbonyl (C=O) groups excluding carboxylic acids is 1. The van der Waals surface area contributed by atoms with E-state index in [9.17, 15) is 15.0 Å². The Morgan fingerprint density at radius 3 is 2.79 bits per heavy atom. The Hall–Kier alpha value is -1.08. The first kappa shape index (κ1) is 24.2. The fourth-order valence-corrected chi connectivity index (χ4v) is 3.99. The van der Waals surface area contributed by atoms with E-state index < -0.39 is 18.7 Å². The molecule has 0 saturated heterocycles. The van der Waals surface area contributed by atoms with E-state index in [4.69, 9.17) is 16.3 Å². The van der Waals surface area contributed by atoms with Gasteiger partial charge in [-0.25, -0.2) is 0 Å². The quantitative estimate of drug-likeness (QED) is 0.574. The predicted octanol–water partition coefficient (Wildman–Crippen LogP) is -0.178. The second-order valence-electron chi connectivity index (χ2n) is 7.27. The topological polar surface area (TPSA) is 81.6 Å². The molecule has 0 radical (unpaired) electrons. The van der Waals surface area contributed by atoms with Crippen LogP contribution in [0.4, 0.5) is 0 Å². The van der Waals surface area contributed by atoms with Crippen LogP contribution in [0.3, 0.4) is 0 Å². The van der Waals surface area contributed by atoms with E-state index in [2.05, 4.69) is 11.4 Å². The van der Waals surface area contributed by atoms with Gasteiger partial charge >= 0.3 is 29.6 Å². The molecule has 0 heterocycles. The van der Waals surface area contributed by atoms with Crippen LogP contribution >= 0.6 is 11.6 Å². The number of carbonyl (C=O) groups is 1. The van der Waals surface area contributed by atoms with Crippen molar-refractivity contribution in [2.45, 2.75) is 43.7 Å². The summed E-state index contributed by atoms with van der Waals surface area (Å²) in [5.41, 5.74) is 1.96. The minimum Gasteiger partial charge on any atom is -0.546 e. The summed E-state index contributed by atoms with van der Waals surface area (Å²) in [6.45, 7) is 0.0339.